The smallest absolute Gasteiger partial charge is 0.107 e. The van der Waals surface area contributed by atoms with Crippen molar-refractivity contribution in [2.45, 2.75) is 51.2 Å². The van der Waals surface area contributed by atoms with Crippen LogP contribution in [0.1, 0.15) is 37.6 Å². The fourth-order valence-electron chi connectivity index (χ4n) is 1.90. The van der Waals surface area contributed by atoms with Crippen molar-refractivity contribution in [1.82, 2.24) is 9.97 Å². The lowest BCUT2D eigenvalue weighted by molar-refractivity contribution is -0.0654. The Morgan fingerprint density at radius 2 is 1.86 bits per heavy atom. The van der Waals surface area contributed by atoms with Crippen LogP contribution < -0.4 is 0 Å². The van der Waals surface area contributed by atoms with Crippen molar-refractivity contribution in [3.05, 3.63) is 23.8 Å². The molecule has 0 unspecified atom stereocenters. The third-order valence-corrected chi connectivity index (χ3v) is 3.21. The maximum Gasteiger partial charge on any atom is 0.107 e. The molecule has 0 aliphatic rings. The molecule has 1 rings (SSSR count). The van der Waals surface area contributed by atoms with Crippen molar-refractivity contribution in [1.29, 1.82) is 0 Å². The lowest BCUT2D eigenvalue weighted by Crippen LogP contribution is -2.34. The van der Waals surface area contributed by atoms with Gasteiger partial charge in [-0.15, -0.1) is 0 Å². The lowest BCUT2D eigenvalue weighted by atomic mass is 10.1. The number of hydrogen-bond donors (Lipinski definition) is 3. The summed E-state index contributed by atoms with van der Waals surface area (Å²) < 4.78 is 5.33. The maximum atomic E-state index is 10.1. The molecule has 0 spiro atoms. The molecule has 6 nitrogen and oxygen atoms in total. The van der Waals surface area contributed by atoms with Gasteiger partial charge < -0.3 is 20.1 Å². The highest BCUT2D eigenvalue weighted by atomic mass is 16.5. The normalized spacial score (nSPS) is 14.1. The molecule has 0 saturated heterocycles. The number of hydrogen-bond acceptors (Lipinski definition) is 6. The van der Waals surface area contributed by atoms with Crippen molar-refractivity contribution in [3.8, 4) is 0 Å². The summed E-state index contributed by atoms with van der Waals surface area (Å²) in [7, 11) is 0. The molecule has 0 fully saturated rings. The second-order valence-electron chi connectivity index (χ2n) is 5.04. The fraction of sp³-hybridized carbons (Fsp3) is 0.733. The van der Waals surface area contributed by atoms with Gasteiger partial charge in [-0.3, -0.25) is 9.97 Å². The second kappa shape index (κ2) is 10.6. The molecule has 1 aromatic heterocycles. The summed E-state index contributed by atoms with van der Waals surface area (Å²) >= 11 is 0. The van der Waals surface area contributed by atoms with Gasteiger partial charge in [0.25, 0.3) is 0 Å². The molecule has 120 valence electrons. The SMILES string of the molecule is CCCCc1cnc(C[C@H](O)[C@@H](CO)OCCCO)cn1. The maximum absolute atomic E-state index is 10.1. The van der Waals surface area contributed by atoms with Crippen molar-refractivity contribution < 1.29 is 20.1 Å². The zero-order chi connectivity index (χ0) is 15.5. The highest BCUT2D eigenvalue weighted by molar-refractivity contribution is 5.04. The Morgan fingerprint density at radius 1 is 1.14 bits per heavy atom. The van der Waals surface area contributed by atoms with Gasteiger partial charge in [-0.25, -0.2) is 0 Å². The van der Waals surface area contributed by atoms with Gasteiger partial charge in [0.1, 0.15) is 6.10 Å². The molecule has 3 N–H and O–H groups in total. The van der Waals surface area contributed by atoms with E-state index in [4.69, 9.17) is 9.84 Å². The van der Waals surface area contributed by atoms with Gasteiger partial charge in [0.2, 0.25) is 0 Å². The topological polar surface area (TPSA) is 95.7 Å². The fourth-order valence-corrected chi connectivity index (χ4v) is 1.90. The number of unbranched alkanes of at least 4 members (excludes halogenated alkanes) is 1. The summed E-state index contributed by atoms with van der Waals surface area (Å²) in [6, 6.07) is 0. The Balaban J connectivity index is 2.46. The van der Waals surface area contributed by atoms with Gasteiger partial charge in [0.05, 0.1) is 24.1 Å². The van der Waals surface area contributed by atoms with E-state index in [0.717, 1.165) is 25.0 Å². The molecule has 1 heterocycles. The van der Waals surface area contributed by atoms with E-state index in [-0.39, 0.29) is 19.6 Å². The van der Waals surface area contributed by atoms with Gasteiger partial charge in [0, 0.05) is 32.0 Å². The zero-order valence-corrected chi connectivity index (χ0v) is 12.6. The molecule has 0 bridgehead atoms. The number of aromatic nitrogens is 2. The predicted octanol–water partition coefficient (Wildman–Crippen LogP) is 0.483. The van der Waals surface area contributed by atoms with E-state index in [2.05, 4.69) is 16.9 Å². The molecule has 0 radical (unpaired) electrons. The highest BCUT2D eigenvalue weighted by Gasteiger charge is 2.20. The van der Waals surface area contributed by atoms with Crippen LogP contribution in [0.5, 0.6) is 0 Å². The van der Waals surface area contributed by atoms with Crippen LogP contribution in [0.2, 0.25) is 0 Å². The van der Waals surface area contributed by atoms with Crippen LogP contribution in [0.4, 0.5) is 0 Å². The van der Waals surface area contributed by atoms with E-state index >= 15 is 0 Å². The molecule has 0 amide bonds. The Bertz CT molecular complexity index is 372. The molecule has 6 heteroatoms. The number of nitrogens with zero attached hydrogens (tertiary/aromatic N) is 2. The average molecular weight is 298 g/mol. The van der Waals surface area contributed by atoms with E-state index in [1.165, 1.54) is 0 Å². The predicted molar refractivity (Wildman–Crippen MR) is 78.9 cm³/mol. The van der Waals surface area contributed by atoms with Crippen molar-refractivity contribution in [3.63, 3.8) is 0 Å². The van der Waals surface area contributed by atoms with E-state index in [1.54, 1.807) is 12.4 Å². The first-order valence-electron chi connectivity index (χ1n) is 7.52. The number of ether oxygens (including phenoxy) is 1. The Morgan fingerprint density at radius 3 is 2.43 bits per heavy atom. The second-order valence-corrected chi connectivity index (χ2v) is 5.04. The lowest BCUT2D eigenvalue weighted by Gasteiger charge is -2.21. The van der Waals surface area contributed by atoms with Gasteiger partial charge >= 0.3 is 0 Å². The average Bonchev–Trinajstić information content (AvgIpc) is 2.51. The van der Waals surface area contributed by atoms with Crippen LogP contribution in [0, 0.1) is 0 Å². The highest BCUT2D eigenvalue weighted by Crippen LogP contribution is 2.08. The minimum Gasteiger partial charge on any atom is -0.396 e. The number of aryl methyl sites for hydroxylation is 1. The van der Waals surface area contributed by atoms with Crippen LogP contribution >= 0.6 is 0 Å². The summed E-state index contributed by atoms with van der Waals surface area (Å²) in [5.74, 6) is 0. The quantitative estimate of drug-likeness (QED) is 0.514. The summed E-state index contributed by atoms with van der Waals surface area (Å²) in [5.41, 5.74) is 1.62. The first-order valence-corrected chi connectivity index (χ1v) is 7.52. The van der Waals surface area contributed by atoms with Gasteiger partial charge in [-0.1, -0.05) is 13.3 Å². The largest absolute Gasteiger partial charge is 0.396 e. The molecule has 0 aromatic carbocycles. The van der Waals surface area contributed by atoms with Crippen LogP contribution in [-0.2, 0) is 17.6 Å². The molecule has 1 aromatic rings. The van der Waals surface area contributed by atoms with Crippen molar-refractivity contribution >= 4 is 0 Å². The molecule has 21 heavy (non-hydrogen) atoms. The third kappa shape index (κ3) is 6.95. The summed E-state index contributed by atoms with van der Waals surface area (Å²) in [6.45, 7) is 2.19. The standard InChI is InChI=1S/C15H26N2O4/c1-2-3-5-12-9-17-13(10-16-12)8-14(20)15(11-19)21-7-4-6-18/h9-10,14-15,18-20H,2-8,11H2,1H3/t14-,15+/m0/s1. The minimum atomic E-state index is -0.843. The van der Waals surface area contributed by atoms with Crippen molar-refractivity contribution in [2.24, 2.45) is 0 Å². The number of rotatable bonds is 11. The molecule has 0 aliphatic heterocycles. The Kier molecular flexibility index (Phi) is 9.09. The Hall–Kier alpha value is -1.08. The first kappa shape index (κ1) is 18.0. The minimum absolute atomic E-state index is 0.0267. The van der Waals surface area contributed by atoms with Crippen LogP contribution in [0.3, 0.4) is 0 Å². The van der Waals surface area contributed by atoms with Crippen molar-refractivity contribution in [2.75, 3.05) is 19.8 Å². The molecule has 0 saturated carbocycles. The van der Waals surface area contributed by atoms with Gasteiger partial charge in [0.15, 0.2) is 0 Å². The summed E-state index contributed by atoms with van der Waals surface area (Å²) in [6.07, 6.45) is 5.76. The summed E-state index contributed by atoms with van der Waals surface area (Å²) in [4.78, 5) is 8.60. The molecular weight excluding hydrogens is 272 g/mol. The molecule has 2 atom stereocenters. The van der Waals surface area contributed by atoms with Gasteiger partial charge in [-0.05, 0) is 19.3 Å². The molecular formula is C15H26N2O4. The van der Waals surface area contributed by atoms with E-state index in [9.17, 15) is 10.2 Å². The van der Waals surface area contributed by atoms with Crippen LogP contribution in [0.15, 0.2) is 12.4 Å². The van der Waals surface area contributed by atoms with E-state index < -0.39 is 12.2 Å². The monoisotopic (exact) mass is 298 g/mol. The number of aliphatic hydroxyl groups is 3. The molecule has 0 aliphatic carbocycles. The zero-order valence-electron chi connectivity index (χ0n) is 12.6. The number of aliphatic hydroxyl groups excluding tert-OH is 3. The van der Waals surface area contributed by atoms with E-state index in [1.807, 2.05) is 0 Å². The van der Waals surface area contributed by atoms with Crippen LogP contribution in [-0.4, -0.2) is 57.3 Å². The Labute approximate surface area is 125 Å². The van der Waals surface area contributed by atoms with E-state index in [0.29, 0.717) is 18.7 Å². The van der Waals surface area contributed by atoms with Gasteiger partial charge in [-0.2, -0.15) is 0 Å². The summed E-state index contributed by atoms with van der Waals surface area (Å²) in [5, 5.41) is 28.0. The first-order chi connectivity index (χ1) is 10.2. The van der Waals surface area contributed by atoms with Crippen LogP contribution in [0.25, 0.3) is 0 Å². The third-order valence-electron chi connectivity index (χ3n) is 3.21.